The van der Waals surface area contributed by atoms with Gasteiger partial charge in [-0.3, -0.25) is 25.3 Å². The van der Waals surface area contributed by atoms with Gasteiger partial charge in [-0.25, -0.2) is 0 Å². The van der Waals surface area contributed by atoms with Crippen molar-refractivity contribution in [1.29, 1.82) is 0 Å². The Morgan fingerprint density at radius 1 is 1.12 bits per heavy atom. The highest BCUT2D eigenvalue weighted by Gasteiger charge is 2.24. The summed E-state index contributed by atoms with van der Waals surface area (Å²) >= 11 is 1.47. The summed E-state index contributed by atoms with van der Waals surface area (Å²) in [4.78, 5) is 27.3. The molecule has 0 saturated carbocycles. The van der Waals surface area contributed by atoms with Gasteiger partial charge in [-0.15, -0.1) is 11.8 Å². The molecule has 1 aromatic rings. The third-order valence-electron chi connectivity index (χ3n) is 4.77. The van der Waals surface area contributed by atoms with E-state index in [2.05, 4.69) is 29.6 Å². The van der Waals surface area contributed by atoms with Crippen LogP contribution in [0.1, 0.15) is 45.1 Å². The Hall–Kier alpha value is -1.53. The summed E-state index contributed by atoms with van der Waals surface area (Å²) in [6, 6.07) is 8.99. The maximum absolute atomic E-state index is 12.0. The van der Waals surface area contributed by atoms with Gasteiger partial charge in [0.05, 0.1) is 5.75 Å². The Labute approximate surface area is 154 Å². The fourth-order valence-corrected chi connectivity index (χ4v) is 4.08. The molecular formula is C19H29N3O2S. The molecule has 25 heavy (non-hydrogen) atoms. The summed E-state index contributed by atoms with van der Waals surface area (Å²) in [7, 11) is 0. The quantitative estimate of drug-likeness (QED) is 0.603. The first-order valence-electron chi connectivity index (χ1n) is 8.99. The second kappa shape index (κ2) is 9.82. The van der Waals surface area contributed by atoms with Crippen molar-refractivity contribution in [2.75, 3.05) is 12.3 Å². The molecule has 1 heterocycles. The van der Waals surface area contributed by atoms with Crippen LogP contribution in [0.2, 0.25) is 0 Å². The predicted molar refractivity (Wildman–Crippen MR) is 102 cm³/mol. The average Bonchev–Trinajstić information content (AvgIpc) is 2.59. The van der Waals surface area contributed by atoms with E-state index in [-0.39, 0.29) is 17.6 Å². The lowest BCUT2D eigenvalue weighted by atomic mass is 9.97. The monoisotopic (exact) mass is 363 g/mol. The minimum absolute atomic E-state index is 0.140. The van der Waals surface area contributed by atoms with E-state index in [0.29, 0.717) is 18.5 Å². The topological polar surface area (TPSA) is 61.4 Å². The van der Waals surface area contributed by atoms with Gasteiger partial charge in [-0.1, -0.05) is 24.6 Å². The number of hydrogen-bond donors (Lipinski definition) is 2. The van der Waals surface area contributed by atoms with Crippen molar-refractivity contribution in [1.82, 2.24) is 15.8 Å². The molecule has 2 amide bonds. The van der Waals surface area contributed by atoms with Crippen molar-refractivity contribution in [2.45, 2.75) is 63.4 Å². The molecule has 0 spiro atoms. The van der Waals surface area contributed by atoms with Crippen molar-refractivity contribution in [2.24, 2.45) is 0 Å². The number of thioether (sulfide) groups is 1. The van der Waals surface area contributed by atoms with Gasteiger partial charge in [0.2, 0.25) is 11.8 Å². The highest BCUT2D eigenvalue weighted by atomic mass is 32.2. The Morgan fingerprint density at radius 3 is 2.44 bits per heavy atom. The van der Waals surface area contributed by atoms with Gasteiger partial charge in [0.1, 0.15) is 0 Å². The number of piperidine rings is 1. The molecular weight excluding hydrogens is 334 g/mol. The van der Waals surface area contributed by atoms with Crippen LogP contribution in [0.3, 0.4) is 0 Å². The molecule has 0 bridgehead atoms. The molecule has 1 fully saturated rings. The largest absolute Gasteiger partial charge is 0.297 e. The fourth-order valence-electron chi connectivity index (χ4n) is 3.25. The number of rotatable bonds is 6. The third kappa shape index (κ3) is 6.36. The van der Waals surface area contributed by atoms with Crippen LogP contribution in [0.5, 0.6) is 0 Å². The second-order valence-corrected chi connectivity index (χ2v) is 7.78. The van der Waals surface area contributed by atoms with E-state index in [1.54, 1.807) is 0 Å². The SMILES string of the molecule is Cc1ccccc1SCC(=O)NNC(=O)CCN1[C@H](C)CCC[C@@H]1C. The average molecular weight is 364 g/mol. The zero-order valence-electron chi connectivity index (χ0n) is 15.4. The number of aryl methyl sites for hydroxylation is 1. The summed E-state index contributed by atoms with van der Waals surface area (Å²) in [5, 5.41) is 0. The van der Waals surface area contributed by atoms with Gasteiger partial charge in [-0.2, -0.15) is 0 Å². The molecule has 0 unspecified atom stereocenters. The van der Waals surface area contributed by atoms with Crippen LogP contribution >= 0.6 is 11.8 Å². The molecule has 2 atom stereocenters. The molecule has 2 rings (SSSR count). The summed E-state index contributed by atoms with van der Waals surface area (Å²) < 4.78 is 0. The van der Waals surface area contributed by atoms with E-state index in [1.165, 1.54) is 31.0 Å². The lowest BCUT2D eigenvalue weighted by molar-refractivity contribution is -0.128. The number of carbonyl (C=O) groups is 2. The van der Waals surface area contributed by atoms with Crippen molar-refractivity contribution in [3.05, 3.63) is 29.8 Å². The van der Waals surface area contributed by atoms with E-state index in [4.69, 9.17) is 0 Å². The van der Waals surface area contributed by atoms with Crippen LogP contribution in [0, 0.1) is 6.92 Å². The normalized spacial score (nSPS) is 20.9. The summed E-state index contributed by atoms with van der Waals surface area (Å²) in [5.41, 5.74) is 6.18. The Bertz CT molecular complexity index is 584. The highest BCUT2D eigenvalue weighted by Crippen LogP contribution is 2.22. The van der Waals surface area contributed by atoms with Gasteiger partial charge < -0.3 is 0 Å². The van der Waals surface area contributed by atoms with Crippen LogP contribution in [0.25, 0.3) is 0 Å². The standard InChI is InChI=1S/C19H29N3O2S/c1-14-7-4-5-10-17(14)25-13-19(24)21-20-18(23)11-12-22-15(2)8-6-9-16(22)3/h4-5,7,10,15-16H,6,8-9,11-13H2,1-3H3,(H,20,23)(H,21,24)/t15-,16+. The summed E-state index contributed by atoms with van der Waals surface area (Å²) in [6.45, 7) is 7.20. The number of carbonyl (C=O) groups excluding carboxylic acids is 2. The molecule has 0 aromatic heterocycles. The van der Waals surface area contributed by atoms with E-state index in [1.807, 2.05) is 31.2 Å². The molecule has 1 saturated heterocycles. The van der Waals surface area contributed by atoms with Gasteiger partial charge in [0, 0.05) is 29.9 Å². The third-order valence-corrected chi connectivity index (χ3v) is 5.94. The van der Waals surface area contributed by atoms with Crippen LogP contribution in [0.15, 0.2) is 29.2 Å². The van der Waals surface area contributed by atoms with Gasteiger partial charge in [0.25, 0.3) is 0 Å². The van der Waals surface area contributed by atoms with E-state index < -0.39 is 0 Å². The number of benzene rings is 1. The molecule has 0 radical (unpaired) electrons. The zero-order chi connectivity index (χ0) is 18.2. The first kappa shape index (κ1) is 19.8. The zero-order valence-corrected chi connectivity index (χ0v) is 16.2. The molecule has 0 aliphatic carbocycles. The number of nitrogens with one attached hydrogen (secondary N) is 2. The fraction of sp³-hybridized carbons (Fsp3) is 0.579. The van der Waals surface area contributed by atoms with Gasteiger partial charge >= 0.3 is 0 Å². The molecule has 1 aromatic carbocycles. The smallest absolute Gasteiger partial charge is 0.248 e. The molecule has 5 nitrogen and oxygen atoms in total. The van der Waals surface area contributed by atoms with Crippen molar-refractivity contribution < 1.29 is 9.59 Å². The number of amides is 2. The van der Waals surface area contributed by atoms with Crippen LogP contribution in [0.4, 0.5) is 0 Å². The predicted octanol–water partition coefficient (Wildman–Crippen LogP) is 2.89. The molecule has 1 aliphatic heterocycles. The van der Waals surface area contributed by atoms with Crippen molar-refractivity contribution in [3.63, 3.8) is 0 Å². The molecule has 1 aliphatic rings. The van der Waals surface area contributed by atoms with Crippen LogP contribution in [-0.2, 0) is 9.59 Å². The van der Waals surface area contributed by atoms with Crippen molar-refractivity contribution >= 4 is 23.6 Å². The summed E-state index contributed by atoms with van der Waals surface area (Å²) in [5.74, 6) is -0.0498. The minimum Gasteiger partial charge on any atom is -0.297 e. The van der Waals surface area contributed by atoms with Crippen LogP contribution in [-0.4, -0.2) is 41.1 Å². The first-order valence-corrected chi connectivity index (χ1v) is 9.97. The van der Waals surface area contributed by atoms with E-state index >= 15 is 0 Å². The first-order chi connectivity index (χ1) is 12.0. The highest BCUT2D eigenvalue weighted by molar-refractivity contribution is 8.00. The van der Waals surface area contributed by atoms with Crippen molar-refractivity contribution in [3.8, 4) is 0 Å². The maximum atomic E-state index is 12.0. The van der Waals surface area contributed by atoms with Gasteiger partial charge in [-0.05, 0) is 45.2 Å². The number of nitrogens with zero attached hydrogens (tertiary/aromatic N) is 1. The lowest BCUT2D eigenvalue weighted by Gasteiger charge is -2.38. The molecule has 6 heteroatoms. The Balaban J connectivity index is 1.65. The van der Waals surface area contributed by atoms with Gasteiger partial charge in [0.15, 0.2) is 0 Å². The number of hydrazine groups is 1. The second-order valence-electron chi connectivity index (χ2n) is 6.77. The minimum atomic E-state index is -0.193. The lowest BCUT2D eigenvalue weighted by Crippen LogP contribution is -2.47. The number of likely N-dealkylation sites (tertiary alicyclic amines) is 1. The Kier molecular flexibility index (Phi) is 7.78. The Morgan fingerprint density at radius 2 is 1.76 bits per heavy atom. The van der Waals surface area contributed by atoms with E-state index in [0.717, 1.165) is 17.0 Å². The van der Waals surface area contributed by atoms with E-state index in [9.17, 15) is 9.59 Å². The maximum Gasteiger partial charge on any atom is 0.248 e. The van der Waals surface area contributed by atoms with Crippen LogP contribution < -0.4 is 10.9 Å². The molecule has 138 valence electrons. The summed E-state index contributed by atoms with van der Waals surface area (Å²) in [6.07, 6.45) is 4.05. The number of hydrogen-bond acceptors (Lipinski definition) is 4. The molecule has 2 N–H and O–H groups in total.